The maximum atomic E-state index is 11.7. The summed E-state index contributed by atoms with van der Waals surface area (Å²) in [7, 11) is 0. The van der Waals surface area contributed by atoms with E-state index in [0.29, 0.717) is 0 Å². The van der Waals surface area contributed by atoms with Gasteiger partial charge in [0.05, 0.1) is 0 Å². The Labute approximate surface area is 79.0 Å². The van der Waals surface area contributed by atoms with Gasteiger partial charge in [0, 0.05) is 0 Å². The molecule has 0 radical (unpaired) electrons. The highest BCUT2D eigenvalue weighted by molar-refractivity contribution is 4.71. The number of ether oxygens (including phenoxy) is 1. The Bertz CT molecular complexity index is 139. The third-order valence-corrected chi connectivity index (χ3v) is 1.31. The first-order valence-electron chi connectivity index (χ1n) is 3.55. The van der Waals surface area contributed by atoms with E-state index < -0.39 is 37.9 Å². The van der Waals surface area contributed by atoms with Gasteiger partial charge in [0.15, 0.2) is 12.2 Å². The van der Waals surface area contributed by atoms with Crippen LogP contribution in [0.1, 0.15) is 0 Å². The molecule has 0 unspecified atom stereocenters. The highest BCUT2D eigenvalue weighted by atomic mass is 19.3. The molecule has 0 rings (SSSR count). The van der Waals surface area contributed by atoms with E-state index in [1.165, 1.54) is 0 Å². The molecule has 0 amide bonds. The van der Waals surface area contributed by atoms with Gasteiger partial charge in [0.2, 0.25) is 0 Å². The molecule has 0 saturated carbocycles. The summed E-state index contributed by atoms with van der Waals surface area (Å²) in [6.07, 6.45) is -21.7. The zero-order valence-corrected chi connectivity index (χ0v) is 6.90. The van der Waals surface area contributed by atoms with Gasteiger partial charge in [-0.3, -0.25) is 0 Å². The quantitative estimate of drug-likeness (QED) is 0.655. The van der Waals surface area contributed by atoms with E-state index >= 15 is 0 Å². The number of hydrogen-bond donors (Lipinski definition) is 0. The number of halogens is 8. The molecule has 0 saturated heterocycles. The number of rotatable bonds is 6. The molecule has 0 fully saturated rings. The van der Waals surface area contributed by atoms with Crippen molar-refractivity contribution in [3.8, 4) is 0 Å². The van der Waals surface area contributed by atoms with Gasteiger partial charge in [0.25, 0.3) is 25.7 Å². The van der Waals surface area contributed by atoms with Crippen molar-refractivity contribution in [2.45, 2.75) is 37.9 Å². The van der Waals surface area contributed by atoms with Gasteiger partial charge >= 0.3 is 0 Å². The Kier molecular flexibility index (Phi) is 5.84. The van der Waals surface area contributed by atoms with Crippen molar-refractivity contribution < 1.29 is 39.9 Å². The van der Waals surface area contributed by atoms with E-state index in [9.17, 15) is 35.1 Å². The first-order chi connectivity index (χ1) is 6.77. The predicted molar refractivity (Wildman–Crippen MR) is 32.7 cm³/mol. The molecular formula is C6H6F8O. The van der Waals surface area contributed by atoms with Crippen LogP contribution in [0.25, 0.3) is 0 Å². The van der Waals surface area contributed by atoms with Gasteiger partial charge in [-0.05, 0) is 0 Å². The fourth-order valence-corrected chi connectivity index (χ4v) is 0.639. The fourth-order valence-electron chi connectivity index (χ4n) is 0.639. The van der Waals surface area contributed by atoms with Crippen LogP contribution in [0.4, 0.5) is 35.1 Å². The van der Waals surface area contributed by atoms with Gasteiger partial charge < -0.3 is 4.74 Å². The zero-order chi connectivity index (χ0) is 12.2. The summed E-state index contributed by atoms with van der Waals surface area (Å²) in [4.78, 5) is 0. The SMILES string of the molecule is FC(F)C(OC(C(F)F)C(F)F)C(F)F. The summed E-state index contributed by atoms with van der Waals surface area (Å²) in [6, 6.07) is 0. The average Bonchev–Trinajstić information content (AvgIpc) is 2.01. The Morgan fingerprint density at radius 2 is 0.667 bits per heavy atom. The van der Waals surface area contributed by atoms with Crippen LogP contribution in [0.5, 0.6) is 0 Å². The topological polar surface area (TPSA) is 9.23 Å². The first-order valence-corrected chi connectivity index (χ1v) is 3.55. The summed E-state index contributed by atoms with van der Waals surface area (Å²) in [5, 5.41) is 0. The lowest BCUT2D eigenvalue weighted by Gasteiger charge is -2.22. The van der Waals surface area contributed by atoms with Crippen LogP contribution >= 0.6 is 0 Å². The lowest BCUT2D eigenvalue weighted by atomic mass is 10.3. The Morgan fingerprint density at radius 1 is 0.467 bits per heavy atom. The molecule has 0 aromatic rings. The predicted octanol–water partition coefficient (Wildman–Crippen LogP) is 2.80. The van der Waals surface area contributed by atoms with Crippen LogP contribution < -0.4 is 0 Å². The van der Waals surface area contributed by atoms with Crippen LogP contribution in [0.2, 0.25) is 0 Å². The van der Waals surface area contributed by atoms with Crippen LogP contribution in [0, 0.1) is 0 Å². The Balaban J connectivity index is 4.48. The second-order valence-corrected chi connectivity index (χ2v) is 2.40. The molecule has 0 aliphatic rings. The summed E-state index contributed by atoms with van der Waals surface area (Å²) < 4.78 is 97.2. The van der Waals surface area contributed by atoms with E-state index in [1.807, 2.05) is 0 Å². The van der Waals surface area contributed by atoms with Crippen molar-refractivity contribution in [1.82, 2.24) is 0 Å². The maximum absolute atomic E-state index is 11.7. The van der Waals surface area contributed by atoms with E-state index in [4.69, 9.17) is 0 Å². The number of hydrogen-bond acceptors (Lipinski definition) is 1. The van der Waals surface area contributed by atoms with Crippen molar-refractivity contribution in [2.24, 2.45) is 0 Å². The standard InChI is InChI=1S/C6H6F8O/c7-3(8)1(4(9)10)15-2(5(11)12)6(13)14/h1-6H. The molecule has 0 spiro atoms. The molecular weight excluding hydrogens is 240 g/mol. The molecule has 0 bridgehead atoms. The van der Waals surface area contributed by atoms with E-state index in [1.54, 1.807) is 0 Å². The Hall–Kier alpha value is -0.600. The van der Waals surface area contributed by atoms with Crippen molar-refractivity contribution in [2.75, 3.05) is 0 Å². The van der Waals surface area contributed by atoms with Gasteiger partial charge in [-0.1, -0.05) is 0 Å². The summed E-state index contributed by atoms with van der Waals surface area (Å²) >= 11 is 0. The third kappa shape index (κ3) is 4.63. The van der Waals surface area contributed by atoms with Crippen LogP contribution in [-0.2, 0) is 4.74 Å². The minimum Gasteiger partial charge on any atom is -0.351 e. The van der Waals surface area contributed by atoms with Crippen molar-refractivity contribution >= 4 is 0 Å². The monoisotopic (exact) mass is 246 g/mol. The van der Waals surface area contributed by atoms with E-state index in [0.717, 1.165) is 0 Å². The average molecular weight is 246 g/mol. The fraction of sp³-hybridized carbons (Fsp3) is 1.00. The van der Waals surface area contributed by atoms with Crippen LogP contribution in [0.3, 0.4) is 0 Å². The summed E-state index contributed by atoms with van der Waals surface area (Å²) in [6.45, 7) is 0. The lowest BCUT2D eigenvalue weighted by Crippen LogP contribution is -2.40. The highest BCUT2D eigenvalue weighted by Crippen LogP contribution is 2.22. The molecule has 0 heterocycles. The summed E-state index contributed by atoms with van der Waals surface area (Å²) in [5.74, 6) is 0. The number of alkyl halides is 8. The van der Waals surface area contributed by atoms with Crippen molar-refractivity contribution in [3.05, 3.63) is 0 Å². The molecule has 0 aliphatic carbocycles. The third-order valence-electron chi connectivity index (χ3n) is 1.31. The second-order valence-electron chi connectivity index (χ2n) is 2.40. The molecule has 9 heteroatoms. The molecule has 0 aromatic heterocycles. The maximum Gasteiger partial charge on any atom is 0.270 e. The van der Waals surface area contributed by atoms with Crippen LogP contribution in [0.15, 0.2) is 0 Å². The van der Waals surface area contributed by atoms with E-state index in [-0.39, 0.29) is 0 Å². The second kappa shape index (κ2) is 6.09. The molecule has 92 valence electrons. The van der Waals surface area contributed by atoms with Gasteiger partial charge in [-0.15, -0.1) is 0 Å². The largest absolute Gasteiger partial charge is 0.351 e. The zero-order valence-electron chi connectivity index (χ0n) is 6.90. The Morgan fingerprint density at radius 3 is 0.800 bits per heavy atom. The normalized spacial score (nSPS) is 13.2. The van der Waals surface area contributed by atoms with Gasteiger partial charge in [-0.25, -0.2) is 35.1 Å². The van der Waals surface area contributed by atoms with E-state index in [2.05, 4.69) is 4.74 Å². The first kappa shape index (κ1) is 14.4. The van der Waals surface area contributed by atoms with Crippen molar-refractivity contribution in [1.29, 1.82) is 0 Å². The molecule has 0 atom stereocenters. The lowest BCUT2D eigenvalue weighted by molar-refractivity contribution is -0.210. The van der Waals surface area contributed by atoms with Crippen LogP contribution in [-0.4, -0.2) is 37.9 Å². The molecule has 0 aromatic carbocycles. The minimum absolute atomic E-state index is 3.24. The van der Waals surface area contributed by atoms with Gasteiger partial charge in [-0.2, -0.15) is 0 Å². The van der Waals surface area contributed by atoms with Gasteiger partial charge in [0.1, 0.15) is 0 Å². The smallest absolute Gasteiger partial charge is 0.270 e. The van der Waals surface area contributed by atoms with Crippen molar-refractivity contribution in [3.63, 3.8) is 0 Å². The molecule has 15 heavy (non-hydrogen) atoms. The highest BCUT2D eigenvalue weighted by Gasteiger charge is 2.40. The minimum atomic E-state index is -3.81. The molecule has 0 aliphatic heterocycles. The summed E-state index contributed by atoms with van der Waals surface area (Å²) in [5.41, 5.74) is 0. The molecule has 1 nitrogen and oxygen atoms in total. The molecule has 0 N–H and O–H groups in total.